The molecule has 0 fully saturated rings. The highest BCUT2D eigenvalue weighted by Gasteiger charge is 2.10. The zero-order valence-electron chi connectivity index (χ0n) is 11.1. The van der Waals surface area contributed by atoms with Crippen molar-refractivity contribution in [2.75, 3.05) is 0 Å². The molecule has 0 aliphatic rings. The zero-order chi connectivity index (χ0) is 14.1. The molecule has 0 aliphatic carbocycles. The summed E-state index contributed by atoms with van der Waals surface area (Å²) in [4.78, 5) is 16.3. The second-order valence-electron chi connectivity index (χ2n) is 4.80. The second-order valence-corrected chi connectivity index (χ2v) is 4.80. The molecule has 0 atom stereocenters. The minimum absolute atomic E-state index is 0.433. The first-order chi connectivity index (χ1) is 9.65. The molecule has 0 bridgehead atoms. The number of para-hydroxylation sites is 1. The van der Waals surface area contributed by atoms with E-state index in [1.165, 1.54) is 5.56 Å². The number of nitrogens with two attached hydrogens (primary N) is 1. The molecule has 0 radical (unpaired) electrons. The van der Waals surface area contributed by atoms with Gasteiger partial charge in [-0.1, -0.05) is 48.0 Å². The van der Waals surface area contributed by atoms with Gasteiger partial charge in [0.05, 0.1) is 16.8 Å². The standard InChI is InChI=1S/C17H14N2O/c1-11-6-8-12(9-7-11)16-10-14(17(18)20)13-4-2-3-5-15(13)19-16/h2-10H,1H3,(H2,18,20). The van der Waals surface area contributed by atoms with E-state index in [0.717, 1.165) is 22.2 Å². The summed E-state index contributed by atoms with van der Waals surface area (Å²) >= 11 is 0. The van der Waals surface area contributed by atoms with Gasteiger partial charge < -0.3 is 5.73 Å². The lowest BCUT2D eigenvalue weighted by Crippen LogP contribution is -2.12. The summed E-state index contributed by atoms with van der Waals surface area (Å²) in [5, 5.41) is 0.788. The summed E-state index contributed by atoms with van der Waals surface area (Å²) in [6.45, 7) is 2.03. The molecule has 3 nitrogen and oxygen atoms in total. The third-order valence-corrected chi connectivity index (χ3v) is 3.33. The second kappa shape index (κ2) is 4.78. The molecule has 0 saturated heterocycles. The molecule has 1 amide bonds. The average molecular weight is 262 g/mol. The number of benzene rings is 2. The van der Waals surface area contributed by atoms with Crippen LogP contribution in [0.4, 0.5) is 0 Å². The van der Waals surface area contributed by atoms with Crippen molar-refractivity contribution in [3.63, 3.8) is 0 Å². The van der Waals surface area contributed by atoms with Crippen molar-refractivity contribution < 1.29 is 4.79 Å². The van der Waals surface area contributed by atoms with Crippen molar-refractivity contribution in [3.05, 3.63) is 65.7 Å². The Morgan fingerprint density at radius 1 is 1.05 bits per heavy atom. The largest absolute Gasteiger partial charge is 0.366 e. The first-order valence-electron chi connectivity index (χ1n) is 6.42. The van der Waals surface area contributed by atoms with Gasteiger partial charge in [0.25, 0.3) is 0 Å². The van der Waals surface area contributed by atoms with Crippen molar-refractivity contribution >= 4 is 16.8 Å². The smallest absolute Gasteiger partial charge is 0.249 e. The van der Waals surface area contributed by atoms with E-state index in [-0.39, 0.29) is 0 Å². The van der Waals surface area contributed by atoms with Gasteiger partial charge in [-0.2, -0.15) is 0 Å². The lowest BCUT2D eigenvalue weighted by atomic mass is 10.0. The Kier molecular flexibility index (Phi) is 2.95. The summed E-state index contributed by atoms with van der Waals surface area (Å²) in [6, 6.07) is 17.3. The number of carbonyl (C=O) groups excluding carboxylic acids is 1. The number of fused-ring (bicyclic) bond motifs is 1. The van der Waals surface area contributed by atoms with E-state index >= 15 is 0 Å². The SMILES string of the molecule is Cc1ccc(-c2cc(C(N)=O)c3ccccc3n2)cc1. The molecule has 0 saturated carbocycles. The minimum Gasteiger partial charge on any atom is -0.366 e. The molecule has 98 valence electrons. The highest BCUT2D eigenvalue weighted by atomic mass is 16.1. The average Bonchev–Trinajstić information content (AvgIpc) is 2.46. The topological polar surface area (TPSA) is 56.0 Å². The normalized spacial score (nSPS) is 10.7. The van der Waals surface area contributed by atoms with Gasteiger partial charge in [-0.15, -0.1) is 0 Å². The van der Waals surface area contributed by atoms with Crippen molar-refractivity contribution in [2.24, 2.45) is 5.73 Å². The van der Waals surface area contributed by atoms with Crippen molar-refractivity contribution in [1.29, 1.82) is 0 Å². The molecule has 1 aromatic heterocycles. The number of nitrogens with zero attached hydrogens (tertiary/aromatic N) is 1. The maximum absolute atomic E-state index is 11.6. The third-order valence-electron chi connectivity index (χ3n) is 3.33. The molecule has 3 heteroatoms. The molecule has 2 N–H and O–H groups in total. The van der Waals surface area contributed by atoms with E-state index in [4.69, 9.17) is 5.73 Å². The Morgan fingerprint density at radius 3 is 2.45 bits per heavy atom. The molecule has 0 unspecified atom stereocenters. The van der Waals surface area contributed by atoms with Crippen LogP contribution in [0.5, 0.6) is 0 Å². The first kappa shape index (κ1) is 12.4. The number of carbonyl (C=O) groups is 1. The number of hydrogen-bond donors (Lipinski definition) is 1. The molecular formula is C17H14N2O. The Balaban J connectivity index is 2.27. The predicted octanol–water partition coefficient (Wildman–Crippen LogP) is 3.31. The van der Waals surface area contributed by atoms with Crippen molar-refractivity contribution in [2.45, 2.75) is 6.92 Å². The van der Waals surface area contributed by atoms with Crippen LogP contribution < -0.4 is 5.73 Å². The van der Waals surface area contributed by atoms with E-state index in [9.17, 15) is 4.79 Å². The molecule has 0 aliphatic heterocycles. The van der Waals surface area contributed by atoms with E-state index in [2.05, 4.69) is 4.98 Å². The Morgan fingerprint density at radius 2 is 1.75 bits per heavy atom. The number of aromatic nitrogens is 1. The predicted molar refractivity (Wildman–Crippen MR) is 80.4 cm³/mol. The summed E-state index contributed by atoms with van der Waals surface area (Å²) in [7, 11) is 0. The van der Waals surface area contributed by atoms with Gasteiger partial charge in [0.1, 0.15) is 0 Å². The number of hydrogen-bond acceptors (Lipinski definition) is 2. The zero-order valence-corrected chi connectivity index (χ0v) is 11.1. The highest BCUT2D eigenvalue weighted by Crippen LogP contribution is 2.24. The van der Waals surface area contributed by atoms with E-state index in [0.29, 0.717) is 5.56 Å². The number of pyridine rings is 1. The van der Waals surface area contributed by atoms with Gasteiger partial charge in [0.2, 0.25) is 5.91 Å². The fraction of sp³-hybridized carbons (Fsp3) is 0.0588. The van der Waals surface area contributed by atoms with Gasteiger partial charge in [-0.05, 0) is 19.1 Å². The van der Waals surface area contributed by atoms with Crippen LogP contribution in [0.15, 0.2) is 54.6 Å². The fourth-order valence-electron chi connectivity index (χ4n) is 2.25. The summed E-state index contributed by atoms with van der Waals surface area (Å²) < 4.78 is 0. The van der Waals surface area contributed by atoms with Crippen LogP contribution in [0.25, 0.3) is 22.2 Å². The lowest BCUT2D eigenvalue weighted by molar-refractivity contribution is 0.100. The van der Waals surface area contributed by atoms with E-state index < -0.39 is 5.91 Å². The fourth-order valence-corrected chi connectivity index (χ4v) is 2.25. The Hall–Kier alpha value is -2.68. The monoisotopic (exact) mass is 262 g/mol. The lowest BCUT2D eigenvalue weighted by Gasteiger charge is -2.07. The summed E-state index contributed by atoms with van der Waals surface area (Å²) in [5.41, 5.74) is 9.69. The first-order valence-corrected chi connectivity index (χ1v) is 6.42. The van der Waals surface area contributed by atoms with Gasteiger partial charge in [0, 0.05) is 10.9 Å². The van der Waals surface area contributed by atoms with E-state index in [1.54, 1.807) is 6.07 Å². The Bertz CT molecular complexity index is 792. The third kappa shape index (κ3) is 2.14. The van der Waals surface area contributed by atoms with Crippen LogP contribution in [0.2, 0.25) is 0 Å². The molecule has 3 aromatic rings. The molecule has 2 aromatic carbocycles. The molecular weight excluding hydrogens is 248 g/mol. The van der Waals surface area contributed by atoms with Crippen molar-refractivity contribution in [1.82, 2.24) is 4.98 Å². The van der Waals surface area contributed by atoms with Gasteiger partial charge in [-0.3, -0.25) is 4.79 Å². The molecule has 3 rings (SSSR count). The minimum atomic E-state index is -0.433. The summed E-state index contributed by atoms with van der Waals surface area (Å²) in [6.07, 6.45) is 0. The quantitative estimate of drug-likeness (QED) is 0.770. The maximum Gasteiger partial charge on any atom is 0.249 e. The molecule has 20 heavy (non-hydrogen) atoms. The van der Waals surface area contributed by atoms with Gasteiger partial charge >= 0.3 is 0 Å². The van der Waals surface area contributed by atoms with E-state index in [1.807, 2.05) is 55.5 Å². The summed E-state index contributed by atoms with van der Waals surface area (Å²) in [5.74, 6) is -0.433. The number of rotatable bonds is 2. The number of primary amides is 1. The molecule has 0 spiro atoms. The van der Waals surface area contributed by atoms with Gasteiger partial charge in [0.15, 0.2) is 0 Å². The van der Waals surface area contributed by atoms with Gasteiger partial charge in [-0.25, -0.2) is 4.98 Å². The Labute approximate surface area is 117 Å². The maximum atomic E-state index is 11.6. The highest BCUT2D eigenvalue weighted by molar-refractivity contribution is 6.06. The van der Waals surface area contributed by atoms with Crippen LogP contribution in [0, 0.1) is 6.92 Å². The number of amides is 1. The van der Waals surface area contributed by atoms with Crippen LogP contribution in [0.1, 0.15) is 15.9 Å². The van der Waals surface area contributed by atoms with Crippen molar-refractivity contribution in [3.8, 4) is 11.3 Å². The molecule has 1 heterocycles. The number of aryl methyl sites for hydroxylation is 1. The van der Waals surface area contributed by atoms with Crippen LogP contribution in [0.3, 0.4) is 0 Å². The van der Waals surface area contributed by atoms with Crippen LogP contribution in [-0.2, 0) is 0 Å². The van der Waals surface area contributed by atoms with Crippen LogP contribution >= 0.6 is 0 Å². The van der Waals surface area contributed by atoms with Crippen LogP contribution in [-0.4, -0.2) is 10.9 Å².